The van der Waals surface area contributed by atoms with Crippen LogP contribution in [0.5, 0.6) is 0 Å². The molecule has 98 valence electrons. The largest absolute Gasteiger partial charge is 0.391 e. The van der Waals surface area contributed by atoms with Gasteiger partial charge in [0.2, 0.25) is 0 Å². The summed E-state index contributed by atoms with van der Waals surface area (Å²) in [6.45, 7) is 2.76. The van der Waals surface area contributed by atoms with Crippen LogP contribution in [0.15, 0.2) is 0 Å². The lowest BCUT2D eigenvalue weighted by Crippen LogP contribution is -2.43. The highest BCUT2D eigenvalue weighted by Crippen LogP contribution is 2.44. The van der Waals surface area contributed by atoms with Crippen molar-refractivity contribution in [2.45, 2.75) is 50.7 Å². The molecule has 17 heavy (non-hydrogen) atoms. The lowest BCUT2D eigenvalue weighted by atomic mass is 9.81. The van der Waals surface area contributed by atoms with Crippen LogP contribution >= 0.6 is 0 Å². The van der Waals surface area contributed by atoms with Crippen LogP contribution in [0.2, 0.25) is 0 Å². The van der Waals surface area contributed by atoms with Crippen LogP contribution in [0.4, 0.5) is 0 Å². The zero-order valence-electron chi connectivity index (χ0n) is 10.7. The molecule has 0 aromatic carbocycles. The smallest absolute Gasteiger partial charge is 0.0716 e. The van der Waals surface area contributed by atoms with Gasteiger partial charge in [-0.25, -0.2) is 0 Å². The molecule has 0 bridgehead atoms. The van der Waals surface area contributed by atoms with Crippen molar-refractivity contribution in [3.05, 3.63) is 0 Å². The Labute approximate surface area is 104 Å². The first-order chi connectivity index (χ1) is 8.34. The minimum atomic E-state index is -0.134. The molecule has 0 aromatic rings. The van der Waals surface area contributed by atoms with E-state index in [1.165, 1.54) is 38.5 Å². The molecule has 3 N–H and O–H groups in total. The number of hydrogen-bond donors (Lipinski definition) is 3. The fourth-order valence-electron chi connectivity index (χ4n) is 3.73. The Hall–Kier alpha value is -0.120. The maximum absolute atomic E-state index is 9.80. The fourth-order valence-corrected chi connectivity index (χ4v) is 3.73. The van der Waals surface area contributed by atoms with Gasteiger partial charge in [-0.1, -0.05) is 12.8 Å². The number of aliphatic hydroxyl groups is 1. The number of hydrogen-bond acceptors (Lipinski definition) is 3. The second kappa shape index (κ2) is 5.25. The van der Waals surface area contributed by atoms with Gasteiger partial charge >= 0.3 is 0 Å². The summed E-state index contributed by atoms with van der Waals surface area (Å²) in [5.41, 5.74) is 0. The maximum Gasteiger partial charge on any atom is 0.0716 e. The van der Waals surface area contributed by atoms with Crippen molar-refractivity contribution in [2.75, 3.05) is 19.6 Å². The molecule has 3 nitrogen and oxygen atoms in total. The van der Waals surface area contributed by atoms with Crippen LogP contribution in [0.3, 0.4) is 0 Å². The van der Waals surface area contributed by atoms with E-state index in [1.54, 1.807) is 0 Å². The van der Waals surface area contributed by atoms with E-state index in [4.69, 9.17) is 0 Å². The van der Waals surface area contributed by atoms with Gasteiger partial charge in [-0.05, 0) is 37.5 Å². The minimum Gasteiger partial charge on any atom is -0.391 e. The SMILES string of the molecule is OC1CNCC1CNC1CCCCC1C1CC1. The van der Waals surface area contributed by atoms with Gasteiger partial charge in [0.15, 0.2) is 0 Å². The molecule has 0 radical (unpaired) electrons. The second-order valence-electron chi connectivity index (χ2n) is 6.29. The molecule has 3 heteroatoms. The summed E-state index contributed by atoms with van der Waals surface area (Å²) in [5.74, 6) is 2.39. The molecule has 0 spiro atoms. The van der Waals surface area contributed by atoms with Crippen LogP contribution < -0.4 is 10.6 Å². The van der Waals surface area contributed by atoms with Gasteiger partial charge in [-0.3, -0.25) is 0 Å². The number of aliphatic hydroxyl groups excluding tert-OH is 1. The van der Waals surface area contributed by atoms with Crippen molar-refractivity contribution < 1.29 is 5.11 Å². The van der Waals surface area contributed by atoms with E-state index in [0.717, 1.165) is 37.5 Å². The van der Waals surface area contributed by atoms with E-state index in [-0.39, 0.29) is 6.10 Å². The molecule has 2 aliphatic carbocycles. The van der Waals surface area contributed by atoms with Gasteiger partial charge in [-0.2, -0.15) is 0 Å². The van der Waals surface area contributed by atoms with Crippen molar-refractivity contribution in [3.63, 3.8) is 0 Å². The summed E-state index contributed by atoms with van der Waals surface area (Å²) < 4.78 is 0. The van der Waals surface area contributed by atoms with Crippen LogP contribution in [0.25, 0.3) is 0 Å². The molecule has 0 aromatic heterocycles. The Morgan fingerprint density at radius 3 is 2.59 bits per heavy atom. The monoisotopic (exact) mass is 238 g/mol. The zero-order chi connectivity index (χ0) is 11.7. The number of rotatable bonds is 4. The van der Waals surface area contributed by atoms with Crippen molar-refractivity contribution in [2.24, 2.45) is 17.8 Å². The molecule has 4 unspecified atom stereocenters. The third-order valence-electron chi connectivity index (χ3n) is 4.99. The maximum atomic E-state index is 9.80. The highest BCUT2D eigenvalue weighted by molar-refractivity contribution is 4.92. The van der Waals surface area contributed by atoms with Gasteiger partial charge in [0, 0.05) is 31.6 Å². The Kier molecular flexibility index (Phi) is 3.69. The standard InChI is InChI=1S/C14H26N2O/c17-14-9-15-7-11(14)8-16-13-4-2-1-3-12(13)10-5-6-10/h10-17H,1-9H2. The lowest BCUT2D eigenvalue weighted by Gasteiger charge is -2.33. The summed E-state index contributed by atoms with van der Waals surface area (Å²) in [5, 5.41) is 16.8. The molecule has 3 fully saturated rings. The first-order valence-electron chi connectivity index (χ1n) is 7.47. The first-order valence-corrected chi connectivity index (χ1v) is 7.47. The fraction of sp³-hybridized carbons (Fsp3) is 1.00. The molecule has 1 saturated heterocycles. The normalized spacial score (nSPS) is 42.9. The van der Waals surface area contributed by atoms with Crippen LogP contribution in [0.1, 0.15) is 38.5 Å². The molecule has 3 aliphatic rings. The zero-order valence-corrected chi connectivity index (χ0v) is 10.7. The molecule has 1 aliphatic heterocycles. The Balaban J connectivity index is 1.48. The molecule has 0 amide bonds. The predicted molar refractivity (Wildman–Crippen MR) is 68.8 cm³/mol. The van der Waals surface area contributed by atoms with Gasteiger partial charge < -0.3 is 15.7 Å². The molecule has 2 saturated carbocycles. The van der Waals surface area contributed by atoms with Crippen molar-refractivity contribution in [1.29, 1.82) is 0 Å². The molecular formula is C14H26N2O. The molecule has 3 rings (SSSR count). The van der Waals surface area contributed by atoms with Crippen LogP contribution in [0, 0.1) is 17.8 Å². The lowest BCUT2D eigenvalue weighted by molar-refractivity contribution is 0.137. The average Bonchev–Trinajstić information content (AvgIpc) is 3.11. The van der Waals surface area contributed by atoms with Crippen molar-refractivity contribution in [1.82, 2.24) is 10.6 Å². The Morgan fingerprint density at radius 1 is 1.06 bits per heavy atom. The topological polar surface area (TPSA) is 44.3 Å². The highest BCUT2D eigenvalue weighted by Gasteiger charge is 2.38. The highest BCUT2D eigenvalue weighted by atomic mass is 16.3. The Morgan fingerprint density at radius 2 is 1.88 bits per heavy atom. The van der Waals surface area contributed by atoms with E-state index in [2.05, 4.69) is 10.6 Å². The van der Waals surface area contributed by atoms with Gasteiger partial charge in [-0.15, -0.1) is 0 Å². The molecule has 1 heterocycles. The van der Waals surface area contributed by atoms with E-state index >= 15 is 0 Å². The van der Waals surface area contributed by atoms with E-state index < -0.39 is 0 Å². The van der Waals surface area contributed by atoms with Crippen LogP contribution in [-0.4, -0.2) is 36.9 Å². The summed E-state index contributed by atoms with van der Waals surface area (Å²) in [6, 6.07) is 0.740. The molecular weight excluding hydrogens is 212 g/mol. The van der Waals surface area contributed by atoms with E-state index in [0.29, 0.717) is 5.92 Å². The van der Waals surface area contributed by atoms with Crippen molar-refractivity contribution in [3.8, 4) is 0 Å². The number of nitrogens with one attached hydrogen (secondary N) is 2. The van der Waals surface area contributed by atoms with E-state index in [9.17, 15) is 5.11 Å². The first kappa shape index (κ1) is 11.9. The van der Waals surface area contributed by atoms with Crippen molar-refractivity contribution >= 4 is 0 Å². The van der Waals surface area contributed by atoms with Crippen LogP contribution in [-0.2, 0) is 0 Å². The summed E-state index contributed by atoms with van der Waals surface area (Å²) in [4.78, 5) is 0. The second-order valence-corrected chi connectivity index (χ2v) is 6.29. The summed E-state index contributed by atoms with van der Waals surface area (Å²) in [6.07, 6.45) is 8.43. The Bertz CT molecular complexity index is 255. The van der Waals surface area contributed by atoms with Gasteiger partial charge in [0.25, 0.3) is 0 Å². The molecule has 4 atom stereocenters. The summed E-state index contributed by atoms with van der Waals surface area (Å²) in [7, 11) is 0. The predicted octanol–water partition coefficient (Wildman–Crippen LogP) is 1.13. The quantitative estimate of drug-likeness (QED) is 0.688. The van der Waals surface area contributed by atoms with Gasteiger partial charge in [0.1, 0.15) is 0 Å². The third-order valence-corrected chi connectivity index (χ3v) is 4.99. The third kappa shape index (κ3) is 2.83. The summed E-state index contributed by atoms with van der Waals surface area (Å²) >= 11 is 0. The van der Waals surface area contributed by atoms with Gasteiger partial charge in [0.05, 0.1) is 6.10 Å². The number of β-amino-alcohol motifs (C(OH)–C–C–N with tert-alkyl or cyclic N) is 1. The van der Waals surface area contributed by atoms with E-state index in [1.807, 2.05) is 0 Å². The average molecular weight is 238 g/mol. The minimum absolute atomic E-state index is 0.134.